The van der Waals surface area contributed by atoms with Gasteiger partial charge in [0.2, 0.25) is 5.91 Å². The average molecular weight is 321 g/mol. The van der Waals surface area contributed by atoms with Gasteiger partial charge in [0, 0.05) is 18.2 Å². The summed E-state index contributed by atoms with van der Waals surface area (Å²) in [6.07, 6.45) is 1.96. The summed E-state index contributed by atoms with van der Waals surface area (Å²) < 4.78 is 0. The third-order valence-corrected chi connectivity index (χ3v) is 3.74. The molecule has 1 amide bonds. The van der Waals surface area contributed by atoms with Gasteiger partial charge < -0.3 is 10.4 Å². The highest BCUT2D eigenvalue weighted by Crippen LogP contribution is 2.14. The van der Waals surface area contributed by atoms with E-state index in [1.807, 2.05) is 30.3 Å². The van der Waals surface area contributed by atoms with E-state index in [9.17, 15) is 14.4 Å². The molecule has 0 bridgehead atoms. The number of benzene rings is 1. The Hall–Kier alpha value is -2.08. The summed E-state index contributed by atoms with van der Waals surface area (Å²) in [5.74, 6) is -1.34. The van der Waals surface area contributed by atoms with Crippen LogP contribution in [-0.4, -0.2) is 33.9 Å². The number of carbonyl (C=O) groups excluding carboxylic acids is 2. The van der Waals surface area contributed by atoms with Crippen molar-refractivity contribution in [2.75, 3.05) is 5.75 Å². The second kappa shape index (κ2) is 9.04. The Morgan fingerprint density at radius 3 is 2.41 bits per heavy atom. The first-order valence-electron chi connectivity index (χ1n) is 6.86. The lowest BCUT2D eigenvalue weighted by Gasteiger charge is -2.14. The van der Waals surface area contributed by atoms with Crippen molar-refractivity contribution < 1.29 is 19.5 Å². The largest absolute Gasteiger partial charge is 0.480 e. The number of rotatable bonds is 7. The van der Waals surface area contributed by atoms with E-state index in [4.69, 9.17) is 5.11 Å². The van der Waals surface area contributed by atoms with E-state index in [1.165, 1.54) is 6.92 Å². The van der Waals surface area contributed by atoms with Gasteiger partial charge in [-0.05, 0) is 18.1 Å². The fourth-order valence-corrected chi connectivity index (χ4v) is 2.27. The minimum atomic E-state index is -1.07. The molecule has 1 aromatic rings. The van der Waals surface area contributed by atoms with E-state index in [0.717, 1.165) is 17.3 Å². The van der Waals surface area contributed by atoms with E-state index < -0.39 is 17.9 Å². The topological polar surface area (TPSA) is 83.5 Å². The summed E-state index contributed by atoms with van der Waals surface area (Å²) in [7, 11) is 0. The highest BCUT2D eigenvalue weighted by Gasteiger charge is 2.20. The van der Waals surface area contributed by atoms with Crippen LogP contribution in [0.3, 0.4) is 0 Å². The van der Waals surface area contributed by atoms with Crippen LogP contribution in [0.15, 0.2) is 35.9 Å². The zero-order valence-corrected chi connectivity index (χ0v) is 13.4. The van der Waals surface area contributed by atoms with Crippen molar-refractivity contribution in [1.82, 2.24) is 5.32 Å². The van der Waals surface area contributed by atoms with Crippen LogP contribution in [0.1, 0.15) is 25.8 Å². The third kappa shape index (κ3) is 6.13. The van der Waals surface area contributed by atoms with Crippen molar-refractivity contribution >= 4 is 34.8 Å². The molecule has 118 valence electrons. The molecule has 0 saturated heterocycles. The maximum absolute atomic E-state index is 12.3. The molecule has 1 rings (SSSR count). The van der Waals surface area contributed by atoms with Crippen molar-refractivity contribution in [3.63, 3.8) is 0 Å². The molecular weight excluding hydrogens is 302 g/mol. The molecule has 0 heterocycles. The second-order valence-electron chi connectivity index (χ2n) is 4.63. The molecule has 2 N–H and O–H groups in total. The molecule has 0 aromatic heterocycles. The predicted octanol–water partition coefficient (Wildman–Crippen LogP) is 2.33. The van der Waals surface area contributed by atoms with Crippen LogP contribution < -0.4 is 5.32 Å². The number of hydrogen-bond acceptors (Lipinski definition) is 4. The number of carboxylic acid groups (broad SMARTS) is 1. The van der Waals surface area contributed by atoms with Gasteiger partial charge in [0.25, 0.3) is 0 Å². The van der Waals surface area contributed by atoms with E-state index in [0.29, 0.717) is 12.0 Å². The summed E-state index contributed by atoms with van der Waals surface area (Å²) in [6, 6.07) is 8.27. The molecule has 1 atom stereocenters. The number of carbonyl (C=O) groups is 3. The molecule has 1 aromatic carbocycles. The van der Waals surface area contributed by atoms with Gasteiger partial charge in [-0.25, -0.2) is 4.79 Å². The Kier molecular flexibility index (Phi) is 7.39. The zero-order valence-electron chi connectivity index (χ0n) is 12.5. The van der Waals surface area contributed by atoms with Gasteiger partial charge in [-0.15, -0.1) is 0 Å². The SMILES string of the molecule is CC[C@H](NC(=O)/C(=C\c1ccccc1)CSC(C)=O)C(=O)O. The lowest BCUT2D eigenvalue weighted by molar-refractivity contribution is -0.141. The van der Waals surface area contributed by atoms with Crippen LogP contribution >= 0.6 is 11.8 Å². The first-order chi connectivity index (χ1) is 10.4. The molecule has 0 unspecified atom stereocenters. The summed E-state index contributed by atoms with van der Waals surface area (Å²) in [4.78, 5) is 34.4. The van der Waals surface area contributed by atoms with Gasteiger partial charge in [0.1, 0.15) is 6.04 Å². The summed E-state index contributed by atoms with van der Waals surface area (Å²) in [5.41, 5.74) is 1.19. The molecule has 0 aliphatic carbocycles. The molecule has 0 spiro atoms. The average Bonchev–Trinajstić information content (AvgIpc) is 2.49. The minimum Gasteiger partial charge on any atom is -0.480 e. The monoisotopic (exact) mass is 321 g/mol. The molecule has 22 heavy (non-hydrogen) atoms. The Morgan fingerprint density at radius 1 is 1.27 bits per heavy atom. The van der Waals surface area contributed by atoms with Crippen molar-refractivity contribution in [2.24, 2.45) is 0 Å². The van der Waals surface area contributed by atoms with Gasteiger partial charge >= 0.3 is 5.97 Å². The fraction of sp³-hybridized carbons (Fsp3) is 0.312. The number of aliphatic carboxylic acids is 1. The highest BCUT2D eigenvalue weighted by molar-refractivity contribution is 8.13. The molecular formula is C16H19NO4S. The maximum Gasteiger partial charge on any atom is 0.326 e. The molecule has 0 aliphatic heterocycles. The molecule has 0 saturated carbocycles. The van der Waals surface area contributed by atoms with Gasteiger partial charge in [0.15, 0.2) is 5.12 Å². The molecule has 0 fully saturated rings. The van der Waals surface area contributed by atoms with Gasteiger partial charge in [0.05, 0.1) is 0 Å². The molecule has 0 radical (unpaired) electrons. The normalized spacial score (nSPS) is 12.5. The summed E-state index contributed by atoms with van der Waals surface area (Å²) in [5, 5.41) is 11.4. The number of hydrogen-bond donors (Lipinski definition) is 2. The summed E-state index contributed by atoms with van der Waals surface area (Å²) >= 11 is 1.01. The standard InChI is InChI=1S/C16H19NO4S/c1-3-14(16(20)21)17-15(19)13(10-22-11(2)18)9-12-7-5-4-6-8-12/h4-9,14H,3,10H2,1-2H3,(H,17,19)(H,20,21)/b13-9-/t14-/m0/s1. The lowest BCUT2D eigenvalue weighted by Crippen LogP contribution is -2.41. The van der Waals surface area contributed by atoms with Gasteiger partial charge in [-0.1, -0.05) is 49.0 Å². The Bertz CT molecular complexity index is 569. The van der Waals surface area contributed by atoms with Crippen molar-refractivity contribution in [3.8, 4) is 0 Å². The van der Waals surface area contributed by atoms with Crippen LogP contribution in [0.2, 0.25) is 0 Å². The highest BCUT2D eigenvalue weighted by atomic mass is 32.2. The Labute approximate surface area is 133 Å². The lowest BCUT2D eigenvalue weighted by atomic mass is 10.1. The van der Waals surface area contributed by atoms with Crippen LogP contribution in [-0.2, 0) is 14.4 Å². The summed E-state index contributed by atoms with van der Waals surface area (Å²) in [6.45, 7) is 3.11. The minimum absolute atomic E-state index is 0.1000. The molecule has 5 nitrogen and oxygen atoms in total. The predicted molar refractivity (Wildman–Crippen MR) is 87.4 cm³/mol. The van der Waals surface area contributed by atoms with E-state index >= 15 is 0 Å². The third-order valence-electron chi connectivity index (χ3n) is 2.87. The number of nitrogens with one attached hydrogen (secondary N) is 1. The smallest absolute Gasteiger partial charge is 0.326 e. The van der Waals surface area contributed by atoms with Crippen molar-refractivity contribution in [2.45, 2.75) is 26.3 Å². The van der Waals surface area contributed by atoms with Crippen LogP contribution in [0.25, 0.3) is 6.08 Å². The van der Waals surface area contributed by atoms with Crippen LogP contribution in [0.4, 0.5) is 0 Å². The quantitative estimate of drug-likeness (QED) is 0.753. The first kappa shape index (κ1) is 18.0. The maximum atomic E-state index is 12.3. The van der Waals surface area contributed by atoms with Crippen molar-refractivity contribution in [3.05, 3.63) is 41.5 Å². The molecule has 6 heteroatoms. The van der Waals surface area contributed by atoms with Crippen molar-refractivity contribution in [1.29, 1.82) is 0 Å². The van der Waals surface area contributed by atoms with Crippen LogP contribution in [0.5, 0.6) is 0 Å². The second-order valence-corrected chi connectivity index (χ2v) is 5.79. The Morgan fingerprint density at radius 2 is 1.91 bits per heavy atom. The van der Waals surface area contributed by atoms with Crippen LogP contribution in [0, 0.1) is 0 Å². The van der Waals surface area contributed by atoms with E-state index in [1.54, 1.807) is 13.0 Å². The van der Waals surface area contributed by atoms with E-state index in [-0.39, 0.29) is 10.9 Å². The Balaban J connectivity index is 2.94. The first-order valence-corrected chi connectivity index (χ1v) is 7.85. The van der Waals surface area contributed by atoms with Gasteiger partial charge in [-0.3, -0.25) is 9.59 Å². The van der Waals surface area contributed by atoms with Gasteiger partial charge in [-0.2, -0.15) is 0 Å². The zero-order chi connectivity index (χ0) is 16.5. The number of amides is 1. The van der Waals surface area contributed by atoms with E-state index in [2.05, 4.69) is 5.32 Å². The fourth-order valence-electron chi connectivity index (χ4n) is 1.69. The molecule has 0 aliphatic rings. The number of thioether (sulfide) groups is 1. The number of carboxylic acids is 1.